The number of thiazole rings is 1. The first-order valence-corrected chi connectivity index (χ1v) is 14.7. The Morgan fingerprint density at radius 1 is 1.00 bits per heavy atom. The lowest BCUT2D eigenvalue weighted by molar-refractivity contribution is -0.159. The quantitative estimate of drug-likeness (QED) is 0.275. The molecule has 0 saturated carbocycles. The second-order valence-corrected chi connectivity index (χ2v) is 11.4. The van der Waals surface area contributed by atoms with Crippen LogP contribution in [-0.4, -0.2) is 111 Å². The van der Waals surface area contributed by atoms with Crippen LogP contribution in [-0.2, 0) is 32.0 Å². The molecule has 1 aromatic heterocycles. The van der Waals surface area contributed by atoms with Crippen molar-refractivity contribution in [2.45, 2.75) is 38.6 Å². The lowest BCUT2D eigenvalue weighted by atomic mass is 9.96. The first-order valence-electron chi connectivity index (χ1n) is 13.2. The van der Waals surface area contributed by atoms with Gasteiger partial charge in [-0.3, -0.25) is 9.80 Å². The molecule has 232 valence electrons. The van der Waals surface area contributed by atoms with Gasteiger partial charge in [0.15, 0.2) is 5.13 Å². The SMILES string of the molecule is CCCN(CCN1CCN(c2cccc(Cl)c2Cl)CC1)C1CCc2nc(N)sc2C1.O=C(O)C(=O)O.O=C(O)C(=O)O. The number of anilines is 2. The van der Waals surface area contributed by atoms with Gasteiger partial charge in [0.25, 0.3) is 0 Å². The van der Waals surface area contributed by atoms with Gasteiger partial charge in [0.2, 0.25) is 0 Å². The molecular formula is C26H35Cl2N5O8S. The highest BCUT2D eigenvalue weighted by Crippen LogP contribution is 2.33. The molecule has 1 aromatic carbocycles. The summed E-state index contributed by atoms with van der Waals surface area (Å²) < 4.78 is 0. The van der Waals surface area contributed by atoms with Crippen molar-refractivity contribution in [2.75, 3.05) is 56.4 Å². The van der Waals surface area contributed by atoms with Crippen molar-refractivity contribution >= 4 is 69.2 Å². The van der Waals surface area contributed by atoms with E-state index in [0.29, 0.717) is 16.1 Å². The maximum Gasteiger partial charge on any atom is 0.414 e. The highest BCUT2D eigenvalue weighted by Gasteiger charge is 2.27. The van der Waals surface area contributed by atoms with Crippen molar-refractivity contribution in [3.63, 3.8) is 0 Å². The number of nitrogens with two attached hydrogens (primary N) is 1. The Labute approximate surface area is 257 Å². The summed E-state index contributed by atoms with van der Waals surface area (Å²) in [5, 5.41) is 31.6. The minimum atomic E-state index is -1.82. The molecule has 1 saturated heterocycles. The zero-order valence-corrected chi connectivity index (χ0v) is 25.4. The number of carbonyl (C=O) groups is 4. The lowest BCUT2D eigenvalue weighted by Gasteiger charge is -2.39. The van der Waals surface area contributed by atoms with Crippen LogP contribution in [0.15, 0.2) is 18.2 Å². The average Bonchev–Trinajstić information content (AvgIpc) is 3.32. The van der Waals surface area contributed by atoms with E-state index in [1.807, 2.05) is 12.1 Å². The highest BCUT2D eigenvalue weighted by atomic mass is 35.5. The molecule has 1 aliphatic carbocycles. The number of benzene rings is 1. The number of halogens is 2. The maximum atomic E-state index is 9.10. The number of piperazine rings is 1. The van der Waals surface area contributed by atoms with E-state index < -0.39 is 23.9 Å². The summed E-state index contributed by atoms with van der Waals surface area (Å²) in [6, 6.07) is 6.51. The van der Waals surface area contributed by atoms with Gasteiger partial charge in [-0.05, 0) is 44.4 Å². The van der Waals surface area contributed by atoms with E-state index in [2.05, 4.69) is 32.7 Å². The smallest absolute Gasteiger partial charge is 0.414 e. The second-order valence-electron chi connectivity index (χ2n) is 9.48. The summed E-state index contributed by atoms with van der Waals surface area (Å²) in [4.78, 5) is 49.9. The minimum absolute atomic E-state index is 0.615. The number of hydrogen-bond acceptors (Lipinski definition) is 10. The fourth-order valence-electron chi connectivity index (χ4n) is 4.67. The summed E-state index contributed by atoms with van der Waals surface area (Å²) in [5.74, 6) is -7.30. The van der Waals surface area contributed by atoms with Crippen LogP contribution in [0.3, 0.4) is 0 Å². The first kappa shape index (κ1) is 35.0. The molecule has 0 amide bonds. The second kappa shape index (κ2) is 17.1. The van der Waals surface area contributed by atoms with Gasteiger partial charge >= 0.3 is 23.9 Å². The molecule has 1 atom stereocenters. The van der Waals surface area contributed by atoms with E-state index in [1.54, 1.807) is 11.3 Å². The number of aliphatic carboxylic acids is 4. The summed E-state index contributed by atoms with van der Waals surface area (Å²) in [6.07, 6.45) is 4.55. The third-order valence-electron chi connectivity index (χ3n) is 6.67. The van der Waals surface area contributed by atoms with Crippen LogP contribution in [0.5, 0.6) is 0 Å². The largest absolute Gasteiger partial charge is 0.473 e. The Hall–Kier alpha value is -3.17. The molecule has 4 rings (SSSR count). The molecule has 1 aliphatic heterocycles. The Balaban J connectivity index is 0.000000434. The average molecular weight is 649 g/mol. The molecule has 1 unspecified atom stereocenters. The number of hydrogen-bond donors (Lipinski definition) is 5. The molecule has 2 aromatic rings. The van der Waals surface area contributed by atoms with Crippen LogP contribution >= 0.6 is 34.5 Å². The van der Waals surface area contributed by atoms with E-state index in [0.717, 1.165) is 69.5 Å². The van der Waals surface area contributed by atoms with E-state index in [1.165, 1.54) is 23.4 Å². The van der Waals surface area contributed by atoms with Crippen LogP contribution in [0.2, 0.25) is 10.0 Å². The highest BCUT2D eigenvalue weighted by molar-refractivity contribution is 7.15. The molecule has 2 heterocycles. The number of nitrogens with zero attached hydrogens (tertiary/aromatic N) is 4. The van der Waals surface area contributed by atoms with E-state index in [-0.39, 0.29) is 0 Å². The molecule has 0 radical (unpaired) electrons. The number of aryl methyl sites for hydroxylation is 1. The van der Waals surface area contributed by atoms with Crippen molar-refractivity contribution in [3.8, 4) is 0 Å². The van der Waals surface area contributed by atoms with Crippen molar-refractivity contribution < 1.29 is 39.6 Å². The van der Waals surface area contributed by atoms with Crippen LogP contribution in [0.4, 0.5) is 10.8 Å². The fourth-order valence-corrected chi connectivity index (χ4v) is 6.04. The van der Waals surface area contributed by atoms with Crippen molar-refractivity contribution in [2.24, 2.45) is 0 Å². The van der Waals surface area contributed by atoms with E-state index >= 15 is 0 Å². The van der Waals surface area contributed by atoms with Gasteiger partial charge in [0, 0.05) is 50.2 Å². The van der Waals surface area contributed by atoms with Crippen LogP contribution < -0.4 is 10.6 Å². The summed E-state index contributed by atoms with van der Waals surface area (Å²) in [7, 11) is 0. The monoisotopic (exact) mass is 647 g/mol. The number of carboxylic acid groups (broad SMARTS) is 4. The molecule has 42 heavy (non-hydrogen) atoms. The Morgan fingerprint density at radius 2 is 1.60 bits per heavy atom. The van der Waals surface area contributed by atoms with Gasteiger partial charge in [0.1, 0.15) is 0 Å². The normalized spacial score (nSPS) is 16.4. The molecular weight excluding hydrogens is 613 g/mol. The van der Waals surface area contributed by atoms with Gasteiger partial charge < -0.3 is 31.1 Å². The Kier molecular flexibility index (Phi) is 14.2. The Bertz CT molecular complexity index is 1190. The van der Waals surface area contributed by atoms with Crippen molar-refractivity contribution in [1.82, 2.24) is 14.8 Å². The zero-order valence-electron chi connectivity index (χ0n) is 23.0. The molecule has 13 nitrogen and oxygen atoms in total. The zero-order chi connectivity index (χ0) is 31.4. The van der Waals surface area contributed by atoms with Gasteiger partial charge in [0.05, 0.1) is 21.4 Å². The first-order chi connectivity index (χ1) is 19.8. The van der Waals surface area contributed by atoms with E-state index in [9.17, 15) is 0 Å². The fraction of sp³-hybridized carbons (Fsp3) is 0.500. The summed E-state index contributed by atoms with van der Waals surface area (Å²) in [5.41, 5.74) is 8.22. The predicted molar refractivity (Wildman–Crippen MR) is 160 cm³/mol. The lowest BCUT2D eigenvalue weighted by Crippen LogP contribution is -2.50. The number of nitrogen functional groups attached to an aromatic ring is 1. The summed E-state index contributed by atoms with van der Waals surface area (Å²) >= 11 is 14.3. The van der Waals surface area contributed by atoms with Gasteiger partial charge in [-0.1, -0.05) is 36.2 Å². The van der Waals surface area contributed by atoms with Crippen LogP contribution in [0.1, 0.15) is 30.3 Å². The predicted octanol–water partition coefficient (Wildman–Crippen LogP) is 2.73. The molecule has 0 spiro atoms. The minimum Gasteiger partial charge on any atom is -0.473 e. The molecule has 2 aliphatic rings. The van der Waals surface area contributed by atoms with Crippen molar-refractivity contribution in [1.29, 1.82) is 0 Å². The number of fused-ring (bicyclic) bond motifs is 1. The topological polar surface area (TPSA) is 198 Å². The van der Waals surface area contributed by atoms with Crippen LogP contribution in [0, 0.1) is 0 Å². The van der Waals surface area contributed by atoms with Gasteiger partial charge in [-0.2, -0.15) is 0 Å². The van der Waals surface area contributed by atoms with Crippen molar-refractivity contribution in [3.05, 3.63) is 38.8 Å². The molecule has 1 fully saturated rings. The van der Waals surface area contributed by atoms with Gasteiger partial charge in [-0.25, -0.2) is 24.2 Å². The van der Waals surface area contributed by atoms with E-state index in [4.69, 9.17) is 68.5 Å². The third kappa shape index (κ3) is 10.9. The molecule has 0 bridgehead atoms. The van der Waals surface area contributed by atoms with Crippen LogP contribution in [0.25, 0.3) is 0 Å². The molecule has 6 N–H and O–H groups in total. The molecule has 16 heteroatoms. The maximum absolute atomic E-state index is 9.10. The number of carboxylic acids is 4. The van der Waals surface area contributed by atoms with Gasteiger partial charge in [-0.15, -0.1) is 11.3 Å². The number of rotatable bonds is 7. The Morgan fingerprint density at radius 3 is 2.14 bits per heavy atom. The third-order valence-corrected chi connectivity index (χ3v) is 8.43. The number of aromatic nitrogens is 1. The summed E-state index contributed by atoms with van der Waals surface area (Å²) in [6.45, 7) is 9.77. The standard InChI is InChI=1S/C22H31Cl2N5S.2C2H2O4/c1-2-8-28(16-6-7-18-20(15-16)30-22(25)26-18)12-9-27-10-13-29(14-11-27)19-5-3-4-17(23)21(19)24;2*3-1(4)2(5)6/h3-5,16H,2,6-15H2,1H3,(H2,25,26);2*(H,3,4)(H,5,6).